The lowest BCUT2D eigenvalue weighted by molar-refractivity contribution is 0.0590. The van der Waals surface area contributed by atoms with Crippen LogP contribution in [0.1, 0.15) is 16.2 Å². The summed E-state index contributed by atoms with van der Waals surface area (Å²) in [7, 11) is 1.25. The van der Waals surface area contributed by atoms with Crippen molar-refractivity contribution in [1.82, 2.24) is 9.38 Å². The second-order valence-electron chi connectivity index (χ2n) is 3.08. The summed E-state index contributed by atoms with van der Waals surface area (Å²) in [6.07, 6.45) is 0. The second kappa shape index (κ2) is 3.34. The smallest absolute Gasteiger partial charge is 0.357 e. The first-order chi connectivity index (χ1) is 7.15. The Morgan fingerprint density at radius 1 is 1.53 bits per heavy atom. The standard InChI is InChI=1S/C10H9FN2O2/c1-6-9(10(14)15-2)13-7(11)4-3-5-8(13)12-6/h3-5H,1-2H3. The lowest BCUT2D eigenvalue weighted by Crippen LogP contribution is -2.08. The Bertz CT molecular complexity index is 533. The summed E-state index contributed by atoms with van der Waals surface area (Å²) in [6.45, 7) is 1.64. The number of aromatic nitrogens is 2. The van der Waals surface area contributed by atoms with E-state index in [1.807, 2.05) is 0 Å². The number of carbonyl (C=O) groups excluding carboxylic acids is 1. The van der Waals surface area contributed by atoms with Crippen LogP contribution in [0.25, 0.3) is 5.65 Å². The average Bonchev–Trinajstić information content (AvgIpc) is 2.55. The molecule has 0 spiro atoms. The highest BCUT2D eigenvalue weighted by Gasteiger charge is 2.18. The van der Waals surface area contributed by atoms with Gasteiger partial charge in [0, 0.05) is 0 Å². The van der Waals surface area contributed by atoms with Gasteiger partial charge < -0.3 is 4.74 Å². The van der Waals surface area contributed by atoms with Crippen molar-refractivity contribution in [1.29, 1.82) is 0 Å². The van der Waals surface area contributed by atoms with Crippen molar-refractivity contribution in [3.63, 3.8) is 0 Å². The molecule has 5 heteroatoms. The van der Waals surface area contributed by atoms with Gasteiger partial charge >= 0.3 is 5.97 Å². The maximum absolute atomic E-state index is 13.5. The first-order valence-electron chi connectivity index (χ1n) is 4.37. The zero-order valence-electron chi connectivity index (χ0n) is 8.32. The van der Waals surface area contributed by atoms with Gasteiger partial charge in [-0.3, -0.25) is 4.40 Å². The van der Waals surface area contributed by atoms with Crippen LogP contribution in [-0.2, 0) is 4.74 Å². The molecule has 0 amide bonds. The van der Waals surface area contributed by atoms with E-state index in [9.17, 15) is 9.18 Å². The van der Waals surface area contributed by atoms with E-state index in [0.717, 1.165) is 4.40 Å². The van der Waals surface area contributed by atoms with E-state index >= 15 is 0 Å². The van der Waals surface area contributed by atoms with Gasteiger partial charge in [0.15, 0.2) is 11.6 Å². The summed E-state index contributed by atoms with van der Waals surface area (Å²) >= 11 is 0. The van der Waals surface area contributed by atoms with Gasteiger partial charge in [0.05, 0.1) is 12.8 Å². The monoisotopic (exact) mass is 208 g/mol. The number of aryl methyl sites for hydroxylation is 1. The molecule has 0 aliphatic rings. The van der Waals surface area contributed by atoms with E-state index < -0.39 is 11.9 Å². The van der Waals surface area contributed by atoms with Crippen LogP contribution in [0.5, 0.6) is 0 Å². The van der Waals surface area contributed by atoms with Crippen LogP contribution >= 0.6 is 0 Å². The van der Waals surface area contributed by atoms with Crippen molar-refractivity contribution in [2.75, 3.05) is 7.11 Å². The molecule has 0 unspecified atom stereocenters. The fourth-order valence-corrected chi connectivity index (χ4v) is 1.50. The molecule has 2 aromatic heterocycles. The minimum Gasteiger partial charge on any atom is -0.464 e. The molecular formula is C10H9FN2O2. The van der Waals surface area contributed by atoms with Crippen LogP contribution in [-0.4, -0.2) is 22.5 Å². The van der Waals surface area contributed by atoms with Crippen molar-refractivity contribution < 1.29 is 13.9 Å². The minimum atomic E-state index is -0.592. The SMILES string of the molecule is COC(=O)c1c(C)nc2cccc(F)n12. The largest absolute Gasteiger partial charge is 0.464 e. The molecule has 0 saturated heterocycles. The number of esters is 1. The summed E-state index contributed by atoms with van der Waals surface area (Å²) in [5.41, 5.74) is 0.977. The maximum Gasteiger partial charge on any atom is 0.357 e. The Kier molecular flexibility index (Phi) is 2.15. The molecule has 4 nitrogen and oxygen atoms in total. The molecule has 0 atom stereocenters. The van der Waals surface area contributed by atoms with Crippen LogP contribution < -0.4 is 0 Å². The summed E-state index contributed by atoms with van der Waals surface area (Å²) in [5.74, 6) is -1.13. The summed E-state index contributed by atoms with van der Waals surface area (Å²) in [5, 5.41) is 0. The molecule has 0 bridgehead atoms. The van der Waals surface area contributed by atoms with E-state index in [2.05, 4.69) is 9.72 Å². The predicted molar refractivity (Wildman–Crippen MR) is 51.2 cm³/mol. The number of hydrogen-bond acceptors (Lipinski definition) is 3. The molecular weight excluding hydrogens is 199 g/mol. The van der Waals surface area contributed by atoms with Crippen LogP contribution in [0.15, 0.2) is 18.2 Å². The van der Waals surface area contributed by atoms with Gasteiger partial charge in [0.2, 0.25) is 0 Å². The number of carbonyl (C=O) groups is 1. The third-order valence-electron chi connectivity index (χ3n) is 2.15. The molecule has 78 valence electrons. The molecule has 2 heterocycles. The fourth-order valence-electron chi connectivity index (χ4n) is 1.50. The average molecular weight is 208 g/mol. The topological polar surface area (TPSA) is 43.6 Å². The number of hydrogen-bond donors (Lipinski definition) is 0. The van der Waals surface area contributed by atoms with Gasteiger partial charge in [-0.1, -0.05) is 6.07 Å². The fraction of sp³-hybridized carbons (Fsp3) is 0.200. The molecule has 0 N–H and O–H groups in total. The molecule has 2 aromatic rings. The normalized spacial score (nSPS) is 10.6. The van der Waals surface area contributed by atoms with E-state index in [0.29, 0.717) is 11.3 Å². The predicted octanol–water partition coefficient (Wildman–Crippen LogP) is 1.57. The Balaban J connectivity index is 2.82. The van der Waals surface area contributed by atoms with Crippen LogP contribution in [0.3, 0.4) is 0 Å². The van der Waals surface area contributed by atoms with Crippen molar-refractivity contribution >= 4 is 11.6 Å². The van der Waals surface area contributed by atoms with Gasteiger partial charge in [0.1, 0.15) is 5.65 Å². The molecule has 0 aromatic carbocycles. The summed E-state index contributed by atoms with van der Waals surface area (Å²) in [4.78, 5) is 15.5. The van der Waals surface area contributed by atoms with E-state index in [1.54, 1.807) is 13.0 Å². The molecule has 0 saturated carbocycles. The molecule has 0 fully saturated rings. The number of methoxy groups -OCH3 is 1. The number of rotatable bonds is 1. The molecule has 0 aliphatic heterocycles. The summed E-state index contributed by atoms with van der Waals surface area (Å²) < 4.78 is 19.2. The highest BCUT2D eigenvalue weighted by Crippen LogP contribution is 2.14. The van der Waals surface area contributed by atoms with Crippen molar-refractivity contribution in [3.05, 3.63) is 35.5 Å². The van der Waals surface area contributed by atoms with Gasteiger partial charge in [-0.2, -0.15) is 4.39 Å². The highest BCUT2D eigenvalue weighted by atomic mass is 19.1. The number of ether oxygens (including phenoxy) is 1. The Hall–Kier alpha value is -1.91. The van der Waals surface area contributed by atoms with E-state index in [-0.39, 0.29) is 5.69 Å². The van der Waals surface area contributed by atoms with Crippen molar-refractivity contribution in [3.8, 4) is 0 Å². The second-order valence-corrected chi connectivity index (χ2v) is 3.08. The molecule has 0 radical (unpaired) electrons. The third-order valence-corrected chi connectivity index (χ3v) is 2.15. The zero-order valence-corrected chi connectivity index (χ0v) is 8.32. The van der Waals surface area contributed by atoms with Crippen molar-refractivity contribution in [2.24, 2.45) is 0 Å². The molecule has 2 rings (SSSR count). The number of halogens is 1. The number of pyridine rings is 1. The van der Waals surface area contributed by atoms with Gasteiger partial charge in [0.25, 0.3) is 0 Å². The first-order valence-corrected chi connectivity index (χ1v) is 4.37. The Labute approximate surface area is 85.3 Å². The van der Waals surface area contributed by atoms with Crippen LogP contribution in [0.4, 0.5) is 4.39 Å². The van der Waals surface area contributed by atoms with Crippen LogP contribution in [0, 0.1) is 12.9 Å². The maximum atomic E-state index is 13.5. The Morgan fingerprint density at radius 2 is 2.27 bits per heavy atom. The van der Waals surface area contributed by atoms with E-state index in [4.69, 9.17) is 0 Å². The lowest BCUT2D eigenvalue weighted by atomic mass is 10.3. The van der Waals surface area contributed by atoms with E-state index in [1.165, 1.54) is 19.2 Å². The number of fused-ring (bicyclic) bond motifs is 1. The quantitative estimate of drug-likeness (QED) is 0.527. The minimum absolute atomic E-state index is 0.130. The third kappa shape index (κ3) is 1.36. The van der Waals surface area contributed by atoms with Crippen molar-refractivity contribution in [2.45, 2.75) is 6.92 Å². The Morgan fingerprint density at radius 3 is 2.93 bits per heavy atom. The first kappa shape index (κ1) is 9.64. The summed E-state index contributed by atoms with van der Waals surface area (Å²) in [6, 6.07) is 4.43. The molecule has 15 heavy (non-hydrogen) atoms. The molecule has 0 aliphatic carbocycles. The van der Waals surface area contributed by atoms with Crippen LogP contribution in [0.2, 0.25) is 0 Å². The van der Waals surface area contributed by atoms with Gasteiger partial charge in [-0.15, -0.1) is 0 Å². The highest BCUT2D eigenvalue weighted by molar-refractivity contribution is 5.89. The lowest BCUT2D eigenvalue weighted by Gasteiger charge is -2.01. The zero-order chi connectivity index (χ0) is 11.0. The van der Waals surface area contributed by atoms with Gasteiger partial charge in [-0.25, -0.2) is 9.78 Å². The number of nitrogens with zero attached hydrogens (tertiary/aromatic N) is 2. The number of imidazole rings is 1. The van der Waals surface area contributed by atoms with Gasteiger partial charge in [-0.05, 0) is 19.1 Å².